The summed E-state index contributed by atoms with van der Waals surface area (Å²) in [6.45, 7) is 0. The lowest BCUT2D eigenvalue weighted by Gasteiger charge is -2.31. The fourth-order valence-corrected chi connectivity index (χ4v) is 2.44. The van der Waals surface area contributed by atoms with Crippen molar-refractivity contribution in [1.29, 1.82) is 0 Å². The molecule has 5 heteroatoms. The lowest BCUT2D eigenvalue weighted by Crippen LogP contribution is -2.41. The second-order valence-corrected chi connectivity index (χ2v) is 4.11. The molecule has 0 aromatic heterocycles. The summed E-state index contributed by atoms with van der Waals surface area (Å²) < 4.78 is 0. The Labute approximate surface area is 83.3 Å². The minimum Gasteiger partial charge on any atom is -0.350 e. The van der Waals surface area contributed by atoms with Gasteiger partial charge in [-0.15, -0.1) is 0 Å². The van der Waals surface area contributed by atoms with Crippen LogP contribution in [0.25, 0.3) is 0 Å². The van der Waals surface area contributed by atoms with Gasteiger partial charge in [0.1, 0.15) is 0 Å². The molecule has 5 nitrogen and oxygen atoms in total. The van der Waals surface area contributed by atoms with Crippen LogP contribution in [0.5, 0.6) is 0 Å². The Bertz CT molecular complexity index is 260. The number of hydrogen-bond donors (Lipinski definition) is 2. The monoisotopic (exact) mass is 196 g/mol. The number of rotatable bonds is 1. The van der Waals surface area contributed by atoms with E-state index in [9.17, 15) is 4.79 Å². The van der Waals surface area contributed by atoms with Crippen LogP contribution >= 0.6 is 0 Å². The Morgan fingerprint density at radius 3 is 2.57 bits per heavy atom. The van der Waals surface area contributed by atoms with E-state index >= 15 is 0 Å². The van der Waals surface area contributed by atoms with Crippen molar-refractivity contribution in [3.05, 3.63) is 0 Å². The molecule has 2 saturated heterocycles. The molecule has 3 N–H and O–H groups in total. The fourth-order valence-electron chi connectivity index (χ4n) is 2.44. The second kappa shape index (κ2) is 3.57. The highest BCUT2D eigenvalue weighted by Gasteiger charge is 2.36. The van der Waals surface area contributed by atoms with Gasteiger partial charge in [-0.2, -0.15) is 5.10 Å². The topological polar surface area (TPSA) is 70.7 Å². The maximum Gasteiger partial charge on any atom is 0.332 e. The van der Waals surface area contributed by atoms with Gasteiger partial charge in [0.2, 0.25) is 0 Å². The summed E-state index contributed by atoms with van der Waals surface area (Å²) in [5.74, 6) is 0. The number of urea groups is 1. The quantitative estimate of drug-likeness (QED) is 0.591. The number of piperidine rings is 1. The minimum atomic E-state index is -0.580. The summed E-state index contributed by atoms with van der Waals surface area (Å²) in [7, 11) is 2.17. The van der Waals surface area contributed by atoms with Crippen LogP contribution in [-0.4, -0.2) is 35.8 Å². The number of nitrogens with two attached hydrogens (primary N) is 1. The van der Waals surface area contributed by atoms with E-state index in [2.05, 4.69) is 22.5 Å². The number of hydrogen-bond acceptors (Lipinski definition) is 3. The Hall–Kier alpha value is -1.10. The lowest BCUT2D eigenvalue weighted by molar-refractivity contribution is 0.230. The Morgan fingerprint density at radius 1 is 1.50 bits per heavy atom. The molecular formula is C9H16N4O. The third-order valence-electron chi connectivity index (χ3n) is 3.25. The highest BCUT2D eigenvalue weighted by Crippen LogP contribution is 2.32. The van der Waals surface area contributed by atoms with Crippen molar-refractivity contribution in [2.75, 3.05) is 7.05 Å². The van der Waals surface area contributed by atoms with Crippen molar-refractivity contribution >= 4 is 11.7 Å². The minimum absolute atomic E-state index is 0.580. The molecule has 2 atom stereocenters. The zero-order valence-electron chi connectivity index (χ0n) is 8.36. The number of amides is 2. The van der Waals surface area contributed by atoms with Crippen LogP contribution in [0.2, 0.25) is 0 Å². The Balaban J connectivity index is 1.99. The van der Waals surface area contributed by atoms with Gasteiger partial charge in [0.25, 0.3) is 0 Å². The van der Waals surface area contributed by atoms with Gasteiger partial charge in [-0.25, -0.2) is 10.2 Å². The smallest absolute Gasteiger partial charge is 0.332 e. The molecule has 0 aliphatic carbocycles. The standard InChI is InChI=1S/C9H16N4O/c1-13-7-2-3-8(13)5-6(4-7)11-12-9(10)14/h7-8H,2-5H2,1H3,(H3,10,12,14). The summed E-state index contributed by atoms with van der Waals surface area (Å²) in [5, 5.41) is 4.02. The van der Waals surface area contributed by atoms with Gasteiger partial charge in [-0.1, -0.05) is 0 Å². The van der Waals surface area contributed by atoms with Crippen LogP contribution in [0.1, 0.15) is 25.7 Å². The molecular weight excluding hydrogens is 180 g/mol. The Kier molecular flexibility index (Phi) is 2.41. The van der Waals surface area contributed by atoms with Crippen molar-refractivity contribution in [3.8, 4) is 0 Å². The van der Waals surface area contributed by atoms with Crippen molar-refractivity contribution in [2.24, 2.45) is 10.8 Å². The average Bonchev–Trinajstić information content (AvgIpc) is 2.41. The largest absolute Gasteiger partial charge is 0.350 e. The number of nitrogens with one attached hydrogen (secondary N) is 1. The number of carbonyl (C=O) groups is 1. The molecule has 0 radical (unpaired) electrons. The number of carbonyl (C=O) groups excluding carboxylic acids is 1. The molecule has 2 bridgehead atoms. The first kappa shape index (κ1) is 9.45. The number of nitrogens with zero attached hydrogens (tertiary/aromatic N) is 2. The van der Waals surface area contributed by atoms with Gasteiger partial charge >= 0.3 is 6.03 Å². The first-order chi connectivity index (χ1) is 6.66. The lowest BCUT2D eigenvalue weighted by atomic mass is 10.0. The SMILES string of the molecule is CN1C2CCC1CC(=NNC(N)=O)C2. The van der Waals surface area contributed by atoms with E-state index in [1.54, 1.807) is 0 Å². The molecule has 0 aromatic carbocycles. The first-order valence-electron chi connectivity index (χ1n) is 4.99. The fraction of sp³-hybridized carbons (Fsp3) is 0.778. The van der Waals surface area contributed by atoms with Gasteiger partial charge in [-0.05, 0) is 19.9 Å². The molecule has 2 unspecified atom stereocenters. The third kappa shape index (κ3) is 1.72. The normalized spacial score (nSPS) is 31.6. The summed E-state index contributed by atoms with van der Waals surface area (Å²) >= 11 is 0. The van der Waals surface area contributed by atoms with Crippen LogP contribution in [0.4, 0.5) is 4.79 Å². The van der Waals surface area contributed by atoms with E-state index in [1.165, 1.54) is 12.8 Å². The molecule has 78 valence electrons. The van der Waals surface area contributed by atoms with Crippen molar-refractivity contribution in [1.82, 2.24) is 10.3 Å². The second-order valence-electron chi connectivity index (χ2n) is 4.11. The van der Waals surface area contributed by atoms with E-state index in [1.807, 2.05) is 0 Å². The van der Waals surface area contributed by atoms with Crippen LogP contribution in [0.15, 0.2) is 5.10 Å². The van der Waals surface area contributed by atoms with Crippen molar-refractivity contribution < 1.29 is 4.79 Å². The van der Waals surface area contributed by atoms with Crippen LogP contribution < -0.4 is 11.2 Å². The predicted octanol–water partition coefficient (Wildman–Crippen LogP) is 0.267. The first-order valence-corrected chi connectivity index (χ1v) is 4.99. The van der Waals surface area contributed by atoms with Crippen LogP contribution in [-0.2, 0) is 0 Å². The molecule has 2 rings (SSSR count). The molecule has 0 saturated carbocycles. The van der Waals surface area contributed by atoms with Gasteiger partial charge in [0.15, 0.2) is 0 Å². The number of primary amides is 1. The molecule has 2 aliphatic rings. The predicted molar refractivity (Wildman–Crippen MR) is 54.0 cm³/mol. The molecule has 0 aromatic rings. The van der Waals surface area contributed by atoms with Crippen molar-refractivity contribution in [3.63, 3.8) is 0 Å². The van der Waals surface area contributed by atoms with Gasteiger partial charge in [-0.3, -0.25) is 4.90 Å². The average molecular weight is 196 g/mol. The van der Waals surface area contributed by atoms with Gasteiger partial charge < -0.3 is 5.73 Å². The van der Waals surface area contributed by atoms with E-state index < -0.39 is 6.03 Å². The third-order valence-corrected chi connectivity index (χ3v) is 3.25. The van der Waals surface area contributed by atoms with Crippen LogP contribution in [0.3, 0.4) is 0 Å². The highest BCUT2D eigenvalue weighted by molar-refractivity contribution is 5.87. The molecule has 14 heavy (non-hydrogen) atoms. The van der Waals surface area contributed by atoms with Crippen LogP contribution in [0, 0.1) is 0 Å². The van der Waals surface area contributed by atoms with Gasteiger partial charge in [0.05, 0.1) is 0 Å². The summed E-state index contributed by atoms with van der Waals surface area (Å²) in [5.41, 5.74) is 8.34. The van der Waals surface area contributed by atoms with E-state index in [4.69, 9.17) is 5.73 Å². The molecule has 2 aliphatic heterocycles. The summed E-state index contributed by atoms with van der Waals surface area (Å²) in [6, 6.07) is 0.646. The molecule has 0 spiro atoms. The highest BCUT2D eigenvalue weighted by atomic mass is 16.2. The summed E-state index contributed by atoms with van der Waals surface area (Å²) in [6.07, 6.45) is 4.42. The number of hydrazone groups is 1. The Morgan fingerprint density at radius 2 is 2.07 bits per heavy atom. The number of fused-ring (bicyclic) bond motifs is 2. The van der Waals surface area contributed by atoms with E-state index in [-0.39, 0.29) is 0 Å². The maximum absolute atomic E-state index is 10.5. The molecule has 2 fully saturated rings. The molecule has 2 heterocycles. The van der Waals surface area contributed by atoms with E-state index in [0.717, 1.165) is 18.6 Å². The van der Waals surface area contributed by atoms with Gasteiger partial charge in [0, 0.05) is 30.6 Å². The van der Waals surface area contributed by atoms with Crippen molar-refractivity contribution in [2.45, 2.75) is 37.8 Å². The zero-order valence-corrected chi connectivity index (χ0v) is 8.36. The maximum atomic E-state index is 10.5. The van der Waals surface area contributed by atoms with E-state index in [0.29, 0.717) is 12.1 Å². The summed E-state index contributed by atoms with van der Waals surface area (Å²) in [4.78, 5) is 12.9. The molecule has 2 amide bonds. The zero-order chi connectivity index (χ0) is 10.1.